The first-order chi connectivity index (χ1) is 7.99. The number of halogens is 4. The first-order valence-electron chi connectivity index (χ1n) is 4.57. The summed E-state index contributed by atoms with van der Waals surface area (Å²) in [6.45, 7) is 0. The topological polar surface area (TPSA) is 20.2 Å². The third-order valence-electron chi connectivity index (χ3n) is 2.19. The first kappa shape index (κ1) is 13.0. The van der Waals surface area contributed by atoms with Crippen LogP contribution in [0, 0.1) is 11.6 Å². The normalized spacial score (nSPS) is 12.8. The lowest BCUT2D eigenvalue weighted by Crippen LogP contribution is -2.01. The van der Waals surface area contributed by atoms with E-state index in [2.05, 4.69) is 15.9 Å². The Bertz CT molecular complexity index is 539. The summed E-state index contributed by atoms with van der Waals surface area (Å²) in [7, 11) is 0. The molecule has 1 aromatic heterocycles. The minimum atomic E-state index is -1.22. The van der Waals surface area contributed by atoms with E-state index in [9.17, 15) is 13.9 Å². The van der Waals surface area contributed by atoms with Crippen LogP contribution in [0.3, 0.4) is 0 Å². The highest BCUT2D eigenvalue weighted by Gasteiger charge is 2.19. The molecule has 6 heteroatoms. The molecule has 2 aromatic rings. The third-order valence-corrected chi connectivity index (χ3v) is 4.71. The summed E-state index contributed by atoms with van der Waals surface area (Å²) in [4.78, 5) is 0.450. The highest BCUT2D eigenvalue weighted by Crippen LogP contribution is 2.37. The van der Waals surface area contributed by atoms with Gasteiger partial charge in [-0.25, -0.2) is 8.78 Å². The van der Waals surface area contributed by atoms with Crippen molar-refractivity contribution in [1.29, 1.82) is 0 Å². The molecule has 0 bridgehead atoms. The summed E-state index contributed by atoms with van der Waals surface area (Å²) >= 11 is 10.1. The lowest BCUT2D eigenvalue weighted by atomic mass is 10.1. The fraction of sp³-hybridized carbons (Fsp3) is 0.0909. The maximum absolute atomic E-state index is 13.4. The van der Waals surface area contributed by atoms with Crippen LogP contribution >= 0.6 is 38.9 Å². The van der Waals surface area contributed by atoms with E-state index in [4.69, 9.17) is 11.6 Å². The first-order valence-corrected chi connectivity index (χ1v) is 6.55. The second kappa shape index (κ2) is 5.02. The van der Waals surface area contributed by atoms with Gasteiger partial charge in [0.25, 0.3) is 0 Å². The zero-order valence-corrected chi connectivity index (χ0v) is 11.4. The Morgan fingerprint density at radius 1 is 1.29 bits per heavy atom. The molecule has 0 spiro atoms. The summed E-state index contributed by atoms with van der Waals surface area (Å²) in [6, 6.07) is 4.55. The van der Waals surface area contributed by atoms with Crippen LogP contribution in [0.15, 0.2) is 28.7 Å². The summed E-state index contributed by atoms with van der Waals surface area (Å²) in [5.74, 6) is -1.25. The third kappa shape index (κ3) is 2.68. The summed E-state index contributed by atoms with van der Waals surface area (Å²) in [5.41, 5.74) is -0.101. The number of aliphatic hydroxyl groups is 1. The highest BCUT2D eigenvalue weighted by atomic mass is 79.9. The van der Waals surface area contributed by atoms with Gasteiger partial charge < -0.3 is 5.11 Å². The molecule has 1 atom stereocenters. The Balaban J connectivity index is 2.42. The van der Waals surface area contributed by atoms with Gasteiger partial charge in [0.2, 0.25) is 0 Å². The molecular formula is C11H6BrClF2OS. The maximum Gasteiger partial charge on any atom is 0.129 e. The van der Waals surface area contributed by atoms with Gasteiger partial charge in [-0.2, -0.15) is 0 Å². The van der Waals surface area contributed by atoms with Gasteiger partial charge in [-0.1, -0.05) is 11.6 Å². The molecule has 0 aliphatic rings. The molecule has 0 saturated carbocycles. The average Bonchev–Trinajstić information content (AvgIpc) is 2.62. The fourth-order valence-electron chi connectivity index (χ4n) is 1.38. The molecule has 0 fully saturated rings. The second-order valence-electron chi connectivity index (χ2n) is 3.34. The van der Waals surface area contributed by atoms with Gasteiger partial charge in [-0.05, 0) is 40.2 Å². The van der Waals surface area contributed by atoms with Crippen molar-refractivity contribution in [2.24, 2.45) is 0 Å². The van der Waals surface area contributed by atoms with E-state index in [0.717, 1.165) is 29.5 Å². The van der Waals surface area contributed by atoms with Crippen LogP contribution in [0.25, 0.3) is 0 Å². The van der Waals surface area contributed by atoms with E-state index >= 15 is 0 Å². The number of hydrogen-bond acceptors (Lipinski definition) is 2. The van der Waals surface area contributed by atoms with Gasteiger partial charge in [-0.3, -0.25) is 0 Å². The summed E-state index contributed by atoms with van der Waals surface area (Å²) < 4.78 is 27.5. The number of rotatable bonds is 2. The Morgan fingerprint density at radius 2 is 2.00 bits per heavy atom. The van der Waals surface area contributed by atoms with E-state index in [-0.39, 0.29) is 5.56 Å². The second-order valence-corrected chi connectivity index (χ2v) is 5.88. The van der Waals surface area contributed by atoms with Crippen LogP contribution in [-0.4, -0.2) is 5.11 Å². The Hall–Kier alpha value is -0.490. The van der Waals surface area contributed by atoms with Gasteiger partial charge in [-0.15, -0.1) is 11.3 Å². The van der Waals surface area contributed by atoms with E-state index in [0.29, 0.717) is 13.7 Å². The molecule has 1 aromatic carbocycles. The molecule has 2 rings (SSSR count). The van der Waals surface area contributed by atoms with Gasteiger partial charge >= 0.3 is 0 Å². The van der Waals surface area contributed by atoms with Crippen LogP contribution in [-0.2, 0) is 0 Å². The van der Waals surface area contributed by atoms with Crippen molar-refractivity contribution in [1.82, 2.24) is 0 Å². The van der Waals surface area contributed by atoms with E-state index in [1.165, 1.54) is 0 Å². The summed E-state index contributed by atoms with van der Waals surface area (Å²) in [5, 5.41) is 9.96. The van der Waals surface area contributed by atoms with Crippen molar-refractivity contribution in [3.05, 3.63) is 55.1 Å². The molecule has 1 heterocycles. The minimum Gasteiger partial charge on any atom is -0.383 e. The van der Waals surface area contributed by atoms with Gasteiger partial charge in [0.15, 0.2) is 0 Å². The zero-order valence-electron chi connectivity index (χ0n) is 8.25. The van der Waals surface area contributed by atoms with Crippen molar-refractivity contribution in [3.63, 3.8) is 0 Å². The monoisotopic (exact) mass is 338 g/mol. The quantitative estimate of drug-likeness (QED) is 0.852. The Morgan fingerprint density at radius 3 is 2.59 bits per heavy atom. The Kier molecular flexibility index (Phi) is 3.82. The van der Waals surface area contributed by atoms with Crippen molar-refractivity contribution >= 4 is 38.9 Å². The van der Waals surface area contributed by atoms with Gasteiger partial charge in [0.1, 0.15) is 22.1 Å². The molecule has 90 valence electrons. The molecule has 0 aliphatic heterocycles. The largest absolute Gasteiger partial charge is 0.383 e. The molecule has 1 unspecified atom stereocenters. The van der Waals surface area contributed by atoms with Crippen LogP contribution < -0.4 is 0 Å². The van der Waals surface area contributed by atoms with Gasteiger partial charge in [0.05, 0.1) is 0 Å². The van der Waals surface area contributed by atoms with Crippen molar-refractivity contribution in [2.45, 2.75) is 6.10 Å². The summed E-state index contributed by atoms with van der Waals surface area (Å²) in [6.07, 6.45) is -1.22. The highest BCUT2D eigenvalue weighted by molar-refractivity contribution is 9.10. The molecule has 0 saturated heterocycles. The number of hydrogen-bond donors (Lipinski definition) is 1. The average molecular weight is 340 g/mol. The molecular weight excluding hydrogens is 334 g/mol. The van der Waals surface area contributed by atoms with Crippen LogP contribution in [0.1, 0.15) is 16.5 Å². The zero-order chi connectivity index (χ0) is 12.6. The SMILES string of the molecule is OC(c1cc(Br)c(Cl)s1)c1cc(F)ccc1F. The van der Waals surface area contributed by atoms with Crippen LogP contribution in [0.4, 0.5) is 8.78 Å². The van der Waals surface area contributed by atoms with Gasteiger partial charge in [0, 0.05) is 14.9 Å². The van der Waals surface area contributed by atoms with Crippen molar-refractivity contribution in [2.75, 3.05) is 0 Å². The van der Waals surface area contributed by atoms with E-state index < -0.39 is 17.7 Å². The lowest BCUT2D eigenvalue weighted by molar-refractivity contribution is 0.218. The maximum atomic E-state index is 13.4. The molecule has 0 aliphatic carbocycles. The fourth-order valence-corrected chi connectivity index (χ4v) is 3.12. The molecule has 1 N–H and O–H groups in total. The standard InChI is InChI=1S/C11H6BrClF2OS/c12-7-4-9(17-11(7)13)10(16)6-3-5(14)1-2-8(6)15/h1-4,10,16H. The van der Waals surface area contributed by atoms with Crippen molar-refractivity contribution < 1.29 is 13.9 Å². The Labute approximate surface area is 114 Å². The van der Waals surface area contributed by atoms with Crippen LogP contribution in [0.2, 0.25) is 4.34 Å². The molecule has 0 radical (unpaired) electrons. The molecule has 1 nitrogen and oxygen atoms in total. The molecule has 0 amide bonds. The minimum absolute atomic E-state index is 0.101. The lowest BCUT2D eigenvalue weighted by Gasteiger charge is -2.09. The van der Waals surface area contributed by atoms with E-state index in [1.54, 1.807) is 6.07 Å². The van der Waals surface area contributed by atoms with E-state index in [1.807, 2.05) is 0 Å². The van der Waals surface area contributed by atoms with Crippen molar-refractivity contribution in [3.8, 4) is 0 Å². The number of benzene rings is 1. The smallest absolute Gasteiger partial charge is 0.129 e. The number of aliphatic hydroxyl groups excluding tert-OH is 1. The number of thiophene rings is 1. The predicted octanol–water partition coefficient (Wildman–Crippen LogP) is 4.52. The molecule has 17 heavy (non-hydrogen) atoms. The predicted molar refractivity (Wildman–Crippen MR) is 67.4 cm³/mol. The van der Waals surface area contributed by atoms with Crippen LogP contribution in [0.5, 0.6) is 0 Å².